The molecule has 0 bridgehead atoms. The number of rotatable bonds is 11. The Morgan fingerprint density at radius 2 is 1.79 bits per heavy atom. The third-order valence-corrected chi connectivity index (χ3v) is 4.44. The highest BCUT2D eigenvalue weighted by atomic mass is 16.5. The van der Waals surface area contributed by atoms with Crippen LogP contribution in [0.1, 0.15) is 17.5 Å². The molecule has 0 heterocycles. The number of hydrogen-bond acceptors (Lipinski definition) is 4. The number of hydrogen-bond donors (Lipinski definition) is 2. The van der Waals surface area contributed by atoms with Crippen molar-refractivity contribution in [1.29, 1.82) is 0 Å². The summed E-state index contributed by atoms with van der Waals surface area (Å²) in [6.45, 7) is 3.37. The van der Waals surface area contributed by atoms with Gasteiger partial charge >= 0.3 is 0 Å². The summed E-state index contributed by atoms with van der Waals surface area (Å²) < 4.78 is 10.6. The smallest absolute Gasteiger partial charge is 0.188 e. The molecule has 0 atom stereocenters. The second kappa shape index (κ2) is 11.9. The molecule has 0 radical (unpaired) electrons. The number of methoxy groups -OCH3 is 2. The van der Waals surface area contributed by atoms with E-state index in [1.165, 1.54) is 5.56 Å². The first kappa shape index (κ1) is 21.6. The highest BCUT2D eigenvalue weighted by Gasteiger charge is 2.04. The lowest BCUT2D eigenvalue weighted by molar-refractivity contribution is 0.324. The minimum Gasteiger partial charge on any atom is -0.493 e. The van der Waals surface area contributed by atoms with E-state index in [0.29, 0.717) is 12.5 Å². The summed E-state index contributed by atoms with van der Waals surface area (Å²) >= 11 is 0. The van der Waals surface area contributed by atoms with Crippen molar-refractivity contribution in [2.75, 3.05) is 40.9 Å². The number of nitrogens with one attached hydrogen (secondary N) is 1. The van der Waals surface area contributed by atoms with Gasteiger partial charge in [0.1, 0.15) is 0 Å². The molecule has 3 N–H and O–H groups in total. The van der Waals surface area contributed by atoms with Gasteiger partial charge in [-0.05, 0) is 49.7 Å². The summed E-state index contributed by atoms with van der Waals surface area (Å²) in [4.78, 5) is 6.70. The molecule has 0 aliphatic rings. The van der Waals surface area contributed by atoms with Crippen LogP contribution in [0.5, 0.6) is 11.5 Å². The van der Waals surface area contributed by atoms with Gasteiger partial charge in [-0.2, -0.15) is 0 Å². The van der Waals surface area contributed by atoms with Crippen molar-refractivity contribution in [2.45, 2.75) is 19.4 Å². The molecule has 2 aromatic rings. The summed E-state index contributed by atoms with van der Waals surface area (Å²) in [5, 5.41) is 3.17. The van der Waals surface area contributed by atoms with Crippen LogP contribution < -0.4 is 20.5 Å². The average Bonchev–Trinajstić information content (AvgIpc) is 2.71. The number of ether oxygens (including phenoxy) is 2. The van der Waals surface area contributed by atoms with Gasteiger partial charge in [0.05, 0.1) is 14.2 Å². The molecule has 152 valence electrons. The maximum absolute atomic E-state index is 5.96. The zero-order valence-corrected chi connectivity index (χ0v) is 17.1. The van der Waals surface area contributed by atoms with Gasteiger partial charge in [-0.1, -0.05) is 36.4 Å². The third-order valence-electron chi connectivity index (χ3n) is 4.44. The number of benzene rings is 2. The maximum atomic E-state index is 5.96. The van der Waals surface area contributed by atoms with Crippen molar-refractivity contribution in [3.63, 3.8) is 0 Å². The van der Waals surface area contributed by atoms with E-state index in [1.807, 2.05) is 24.3 Å². The lowest BCUT2D eigenvalue weighted by atomic mass is 10.1. The summed E-state index contributed by atoms with van der Waals surface area (Å²) in [7, 11) is 5.40. The monoisotopic (exact) mass is 384 g/mol. The van der Waals surface area contributed by atoms with Gasteiger partial charge in [-0.15, -0.1) is 0 Å². The van der Waals surface area contributed by atoms with Gasteiger partial charge in [0.2, 0.25) is 0 Å². The maximum Gasteiger partial charge on any atom is 0.188 e. The lowest BCUT2D eigenvalue weighted by Gasteiger charge is -2.16. The fraction of sp³-hybridized carbons (Fsp3) is 0.409. The fourth-order valence-corrected chi connectivity index (χ4v) is 2.94. The van der Waals surface area contributed by atoms with Crippen LogP contribution in [0.15, 0.2) is 53.5 Å². The summed E-state index contributed by atoms with van der Waals surface area (Å²) in [5.41, 5.74) is 8.44. The zero-order valence-electron chi connectivity index (χ0n) is 17.1. The number of aliphatic imine (C=N–C) groups is 1. The molecule has 0 saturated carbocycles. The quantitative estimate of drug-likeness (QED) is 0.354. The highest BCUT2D eigenvalue weighted by molar-refractivity contribution is 5.77. The molecule has 0 aromatic heterocycles. The van der Waals surface area contributed by atoms with Crippen molar-refractivity contribution in [3.8, 4) is 11.5 Å². The highest BCUT2D eigenvalue weighted by Crippen LogP contribution is 2.27. The first-order valence-electron chi connectivity index (χ1n) is 9.59. The molecule has 0 unspecified atom stereocenters. The van der Waals surface area contributed by atoms with Crippen molar-refractivity contribution in [3.05, 3.63) is 59.7 Å². The molecule has 0 fully saturated rings. The van der Waals surface area contributed by atoms with Gasteiger partial charge in [0.15, 0.2) is 17.5 Å². The summed E-state index contributed by atoms with van der Waals surface area (Å²) in [5.74, 6) is 1.96. The molecule has 0 amide bonds. The van der Waals surface area contributed by atoms with Crippen LogP contribution in [0.3, 0.4) is 0 Å². The normalized spacial score (nSPS) is 11.5. The molecule has 2 rings (SSSR count). The van der Waals surface area contributed by atoms with Crippen LogP contribution in [-0.4, -0.2) is 51.8 Å². The molecule has 0 spiro atoms. The molecule has 6 heteroatoms. The summed E-state index contributed by atoms with van der Waals surface area (Å²) in [6, 6.07) is 16.4. The molecule has 0 aliphatic carbocycles. The Morgan fingerprint density at radius 1 is 1.04 bits per heavy atom. The average molecular weight is 385 g/mol. The summed E-state index contributed by atoms with van der Waals surface area (Å²) in [6.07, 6.45) is 1.80. The molecule has 2 aromatic carbocycles. The Morgan fingerprint density at radius 3 is 2.50 bits per heavy atom. The molecular weight excluding hydrogens is 352 g/mol. The minimum atomic E-state index is 0.492. The van der Waals surface area contributed by atoms with Gasteiger partial charge in [0.25, 0.3) is 0 Å². The second-order valence-electron chi connectivity index (χ2n) is 6.71. The van der Waals surface area contributed by atoms with Crippen LogP contribution in [0.2, 0.25) is 0 Å². The predicted molar refractivity (Wildman–Crippen MR) is 115 cm³/mol. The van der Waals surface area contributed by atoms with E-state index in [0.717, 1.165) is 49.5 Å². The Kier molecular flexibility index (Phi) is 9.15. The van der Waals surface area contributed by atoms with Crippen molar-refractivity contribution in [1.82, 2.24) is 10.2 Å². The predicted octanol–water partition coefficient (Wildman–Crippen LogP) is 2.67. The van der Waals surface area contributed by atoms with E-state index in [1.54, 1.807) is 14.2 Å². The van der Waals surface area contributed by atoms with E-state index in [9.17, 15) is 0 Å². The first-order valence-corrected chi connectivity index (χ1v) is 9.59. The standard InChI is InChI=1S/C22H32N4O2/c1-26(17-19-8-5-4-6-9-19)15-7-13-24-22(23)25-14-12-18-10-11-20(27-2)21(16-18)28-3/h4-6,8-11,16H,7,12-15,17H2,1-3H3,(H3,23,24,25). The van der Waals surface area contributed by atoms with E-state index in [2.05, 4.69) is 46.5 Å². The van der Waals surface area contributed by atoms with Gasteiger partial charge in [-0.25, -0.2) is 0 Å². The van der Waals surface area contributed by atoms with Crippen LogP contribution in [0.4, 0.5) is 0 Å². The Hall–Kier alpha value is -2.73. The lowest BCUT2D eigenvalue weighted by Crippen LogP contribution is -2.33. The molecule has 28 heavy (non-hydrogen) atoms. The molecular formula is C22H32N4O2. The number of nitrogens with zero attached hydrogens (tertiary/aromatic N) is 2. The minimum absolute atomic E-state index is 0.492. The SMILES string of the molecule is COc1ccc(CCNC(N)=NCCCN(C)Cc2ccccc2)cc1OC. The van der Waals surface area contributed by atoms with Crippen LogP contribution in [0.25, 0.3) is 0 Å². The van der Waals surface area contributed by atoms with Gasteiger partial charge in [0, 0.05) is 19.6 Å². The second-order valence-corrected chi connectivity index (χ2v) is 6.71. The topological polar surface area (TPSA) is 72.1 Å². The van der Waals surface area contributed by atoms with Gasteiger partial charge in [-0.3, -0.25) is 4.99 Å². The zero-order chi connectivity index (χ0) is 20.2. The van der Waals surface area contributed by atoms with E-state index < -0.39 is 0 Å². The first-order chi connectivity index (χ1) is 13.6. The largest absolute Gasteiger partial charge is 0.493 e. The van der Waals surface area contributed by atoms with Gasteiger partial charge < -0.3 is 25.4 Å². The van der Waals surface area contributed by atoms with Crippen LogP contribution in [0, 0.1) is 0 Å². The Bertz CT molecular complexity index is 735. The molecule has 0 aliphatic heterocycles. The van der Waals surface area contributed by atoms with Crippen molar-refractivity contribution < 1.29 is 9.47 Å². The van der Waals surface area contributed by atoms with E-state index in [4.69, 9.17) is 15.2 Å². The third kappa shape index (κ3) is 7.48. The number of nitrogens with two attached hydrogens (primary N) is 1. The number of guanidine groups is 1. The van der Waals surface area contributed by atoms with Crippen molar-refractivity contribution in [2.24, 2.45) is 10.7 Å². The van der Waals surface area contributed by atoms with E-state index >= 15 is 0 Å². The van der Waals surface area contributed by atoms with Crippen LogP contribution >= 0.6 is 0 Å². The fourth-order valence-electron chi connectivity index (χ4n) is 2.94. The molecule has 6 nitrogen and oxygen atoms in total. The Balaban J connectivity index is 1.64. The Labute approximate surface area is 168 Å². The van der Waals surface area contributed by atoms with Crippen LogP contribution in [-0.2, 0) is 13.0 Å². The molecule has 0 saturated heterocycles. The van der Waals surface area contributed by atoms with Crippen molar-refractivity contribution >= 4 is 5.96 Å². The van der Waals surface area contributed by atoms with E-state index in [-0.39, 0.29) is 0 Å².